The number of amides is 1. The average molecular weight is 314 g/mol. The third kappa shape index (κ3) is 3.39. The summed E-state index contributed by atoms with van der Waals surface area (Å²) >= 11 is 0. The van der Waals surface area contributed by atoms with E-state index in [9.17, 15) is 4.79 Å². The van der Waals surface area contributed by atoms with Gasteiger partial charge in [-0.05, 0) is 44.7 Å². The number of carbonyl (C=O) groups is 1. The molecule has 1 saturated heterocycles. The Bertz CT molecular complexity index is 691. The molecule has 2 atom stereocenters. The fourth-order valence-corrected chi connectivity index (χ4v) is 3.53. The highest BCUT2D eigenvalue weighted by atomic mass is 16.2. The number of piperidine rings is 1. The van der Waals surface area contributed by atoms with E-state index in [-0.39, 0.29) is 18.0 Å². The average Bonchev–Trinajstić information content (AvgIpc) is 2.97. The maximum absolute atomic E-state index is 12.6. The van der Waals surface area contributed by atoms with Gasteiger partial charge < -0.3 is 15.6 Å². The molecular weight excluding hydrogens is 288 g/mol. The zero-order chi connectivity index (χ0) is 16.4. The number of aryl methyl sites for hydroxylation is 2. The number of likely N-dealkylation sites (tertiary alicyclic amines) is 1. The zero-order valence-corrected chi connectivity index (χ0v) is 14.0. The second kappa shape index (κ2) is 6.71. The quantitative estimate of drug-likeness (QED) is 0.910. The minimum atomic E-state index is 0.0353. The second-order valence-corrected chi connectivity index (χ2v) is 6.66. The number of H-pyrrole nitrogens is 1. The Hall–Kier alpha value is -1.88. The Morgan fingerprint density at radius 3 is 3.04 bits per heavy atom. The van der Waals surface area contributed by atoms with Crippen LogP contribution in [-0.2, 0) is 11.2 Å². The molecule has 2 unspecified atom stereocenters. The predicted octanol–water partition coefficient (Wildman–Crippen LogP) is 2.53. The SMILES string of the molecule is Cc1cccc2[nH]c(CCC(=O)N3CCCCC3C(C)N)nc12. The van der Waals surface area contributed by atoms with Crippen molar-refractivity contribution >= 4 is 16.9 Å². The number of hydrogen-bond acceptors (Lipinski definition) is 3. The number of aromatic amines is 1. The maximum Gasteiger partial charge on any atom is 0.223 e. The molecule has 1 amide bonds. The fraction of sp³-hybridized carbons (Fsp3) is 0.556. The molecule has 3 N–H and O–H groups in total. The zero-order valence-electron chi connectivity index (χ0n) is 14.0. The summed E-state index contributed by atoms with van der Waals surface area (Å²) in [5.41, 5.74) is 9.26. The Morgan fingerprint density at radius 1 is 1.48 bits per heavy atom. The molecule has 1 aliphatic heterocycles. The van der Waals surface area contributed by atoms with Gasteiger partial charge in [0.05, 0.1) is 11.0 Å². The Morgan fingerprint density at radius 2 is 2.30 bits per heavy atom. The van der Waals surface area contributed by atoms with Crippen LogP contribution < -0.4 is 5.73 Å². The first-order chi connectivity index (χ1) is 11.1. The lowest BCUT2D eigenvalue weighted by molar-refractivity contribution is -0.135. The van der Waals surface area contributed by atoms with E-state index >= 15 is 0 Å². The van der Waals surface area contributed by atoms with Gasteiger partial charge >= 0.3 is 0 Å². The molecule has 0 radical (unpaired) electrons. The van der Waals surface area contributed by atoms with Crippen molar-refractivity contribution in [1.82, 2.24) is 14.9 Å². The van der Waals surface area contributed by atoms with Crippen molar-refractivity contribution in [3.05, 3.63) is 29.6 Å². The van der Waals surface area contributed by atoms with Crippen molar-refractivity contribution in [2.75, 3.05) is 6.54 Å². The summed E-state index contributed by atoms with van der Waals surface area (Å²) in [5, 5.41) is 0. The van der Waals surface area contributed by atoms with E-state index in [0.717, 1.165) is 41.8 Å². The maximum atomic E-state index is 12.6. The first kappa shape index (κ1) is 16.0. The first-order valence-corrected chi connectivity index (χ1v) is 8.55. The number of nitrogens with zero attached hydrogens (tertiary/aromatic N) is 2. The van der Waals surface area contributed by atoms with Gasteiger partial charge in [0.25, 0.3) is 0 Å². The van der Waals surface area contributed by atoms with Gasteiger partial charge in [0.2, 0.25) is 5.91 Å². The Kier molecular flexibility index (Phi) is 4.66. The summed E-state index contributed by atoms with van der Waals surface area (Å²) in [6.07, 6.45) is 4.40. The summed E-state index contributed by atoms with van der Waals surface area (Å²) in [6.45, 7) is 4.89. The second-order valence-electron chi connectivity index (χ2n) is 6.66. The van der Waals surface area contributed by atoms with Crippen molar-refractivity contribution in [1.29, 1.82) is 0 Å². The third-order valence-electron chi connectivity index (χ3n) is 4.82. The van der Waals surface area contributed by atoms with E-state index in [0.29, 0.717) is 12.8 Å². The van der Waals surface area contributed by atoms with Crippen LogP contribution in [0.3, 0.4) is 0 Å². The minimum Gasteiger partial charge on any atom is -0.342 e. The lowest BCUT2D eigenvalue weighted by Crippen LogP contribution is -2.51. The number of hydrogen-bond donors (Lipinski definition) is 2. The molecule has 5 heteroatoms. The molecule has 2 aromatic rings. The van der Waals surface area contributed by atoms with Crippen molar-refractivity contribution in [2.45, 2.75) is 58.0 Å². The largest absolute Gasteiger partial charge is 0.342 e. The van der Waals surface area contributed by atoms with Gasteiger partial charge in [0.1, 0.15) is 5.82 Å². The number of nitrogens with one attached hydrogen (secondary N) is 1. The molecule has 1 aromatic heterocycles. The van der Waals surface area contributed by atoms with Crippen LogP contribution in [-0.4, -0.2) is 39.4 Å². The molecule has 0 bridgehead atoms. The summed E-state index contributed by atoms with van der Waals surface area (Å²) in [7, 11) is 0. The molecule has 1 aliphatic rings. The molecule has 3 rings (SSSR count). The monoisotopic (exact) mass is 314 g/mol. The highest BCUT2D eigenvalue weighted by molar-refractivity contribution is 5.79. The summed E-state index contributed by atoms with van der Waals surface area (Å²) in [4.78, 5) is 22.5. The van der Waals surface area contributed by atoms with E-state index in [4.69, 9.17) is 5.73 Å². The van der Waals surface area contributed by atoms with Gasteiger partial charge in [0, 0.05) is 31.5 Å². The molecule has 1 aromatic carbocycles. The first-order valence-electron chi connectivity index (χ1n) is 8.55. The molecule has 23 heavy (non-hydrogen) atoms. The van der Waals surface area contributed by atoms with E-state index in [1.165, 1.54) is 6.42 Å². The lowest BCUT2D eigenvalue weighted by atomic mass is 9.96. The van der Waals surface area contributed by atoms with Crippen LogP contribution in [0, 0.1) is 6.92 Å². The standard InChI is InChI=1S/C18H26N4O/c1-12-6-5-7-14-18(12)21-16(20-14)9-10-17(23)22-11-4-3-8-15(22)13(2)19/h5-7,13,15H,3-4,8-11,19H2,1-2H3,(H,20,21). The topological polar surface area (TPSA) is 75.0 Å². The lowest BCUT2D eigenvalue weighted by Gasteiger charge is -2.38. The molecule has 5 nitrogen and oxygen atoms in total. The van der Waals surface area contributed by atoms with Crippen molar-refractivity contribution in [3.8, 4) is 0 Å². The molecule has 0 spiro atoms. The summed E-state index contributed by atoms with van der Waals surface area (Å²) < 4.78 is 0. The van der Waals surface area contributed by atoms with Crippen LogP contribution in [0.4, 0.5) is 0 Å². The van der Waals surface area contributed by atoms with Crippen LogP contribution in [0.15, 0.2) is 18.2 Å². The fourth-order valence-electron chi connectivity index (χ4n) is 3.53. The van der Waals surface area contributed by atoms with E-state index in [1.54, 1.807) is 0 Å². The van der Waals surface area contributed by atoms with Crippen LogP contribution in [0.25, 0.3) is 11.0 Å². The molecule has 2 heterocycles. The van der Waals surface area contributed by atoms with Crippen molar-refractivity contribution in [2.24, 2.45) is 5.73 Å². The third-order valence-corrected chi connectivity index (χ3v) is 4.82. The highest BCUT2D eigenvalue weighted by Crippen LogP contribution is 2.21. The number of fused-ring (bicyclic) bond motifs is 1. The van der Waals surface area contributed by atoms with Gasteiger partial charge in [-0.25, -0.2) is 4.98 Å². The number of carbonyl (C=O) groups excluding carboxylic acids is 1. The van der Waals surface area contributed by atoms with E-state index in [1.807, 2.05) is 24.0 Å². The van der Waals surface area contributed by atoms with Gasteiger partial charge in [-0.15, -0.1) is 0 Å². The normalized spacial score (nSPS) is 20.0. The molecule has 1 fully saturated rings. The molecule has 124 valence electrons. The molecule has 0 saturated carbocycles. The molecular formula is C18H26N4O. The van der Waals surface area contributed by atoms with E-state index in [2.05, 4.69) is 23.0 Å². The highest BCUT2D eigenvalue weighted by Gasteiger charge is 2.28. The minimum absolute atomic E-state index is 0.0353. The number of para-hydroxylation sites is 1. The van der Waals surface area contributed by atoms with Crippen LogP contribution >= 0.6 is 0 Å². The predicted molar refractivity (Wildman–Crippen MR) is 92.2 cm³/mol. The van der Waals surface area contributed by atoms with Crippen molar-refractivity contribution in [3.63, 3.8) is 0 Å². The van der Waals surface area contributed by atoms with Crippen molar-refractivity contribution < 1.29 is 4.79 Å². The van der Waals surface area contributed by atoms with Crippen LogP contribution in [0.1, 0.15) is 44.0 Å². The molecule has 0 aliphatic carbocycles. The summed E-state index contributed by atoms with van der Waals surface area (Å²) in [5.74, 6) is 1.08. The number of imidazole rings is 1. The number of rotatable bonds is 4. The van der Waals surface area contributed by atoms with Crippen LogP contribution in [0.5, 0.6) is 0 Å². The number of aromatic nitrogens is 2. The Balaban J connectivity index is 1.66. The van der Waals surface area contributed by atoms with Gasteiger partial charge in [-0.2, -0.15) is 0 Å². The summed E-state index contributed by atoms with van der Waals surface area (Å²) in [6, 6.07) is 6.32. The van der Waals surface area contributed by atoms with Gasteiger partial charge in [0.15, 0.2) is 0 Å². The van der Waals surface area contributed by atoms with E-state index < -0.39 is 0 Å². The number of nitrogens with two attached hydrogens (primary N) is 1. The smallest absolute Gasteiger partial charge is 0.223 e. The van der Waals surface area contributed by atoms with Gasteiger partial charge in [-0.1, -0.05) is 12.1 Å². The Labute approximate surface area is 137 Å². The number of benzene rings is 1. The van der Waals surface area contributed by atoms with Crippen LogP contribution in [0.2, 0.25) is 0 Å². The van der Waals surface area contributed by atoms with Gasteiger partial charge in [-0.3, -0.25) is 4.79 Å².